The lowest BCUT2D eigenvalue weighted by Crippen LogP contribution is -2.48. The van der Waals surface area contributed by atoms with E-state index in [9.17, 15) is 0 Å². The number of anilines is 1. The van der Waals surface area contributed by atoms with Crippen molar-refractivity contribution < 1.29 is 0 Å². The normalized spacial score (nSPS) is 16.1. The van der Waals surface area contributed by atoms with Crippen LogP contribution in [0, 0.1) is 0 Å². The molecule has 1 fully saturated rings. The van der Waals surface area contributed by atoms with E-state index in [2.05, 4.69) is 68.0 Å². The molecule has 1 saturated heterocycles. The summed E-state index contributed by atoms with van der Waals surface area (Å²) in [5, 5.41) is 6.87. The predicted octanol–water partition coefficient (Wildman–Crippen LogP) is 1.27. The minimum atomic E-state index is 0.556. The van der Waals surface area contributed by atoms with Crippen LogP contribution in [-0.2, 0) is 0 Å². The molecular weight excluding hydrogens is 364 g/mol. The van der Waals surface area contributed by atoms with Crippen molar-refractivity contribution in [3.05, 3.63) is 18.5 Å². The molecule has 1 aliphatic rings. The first kappa shape index (κ1) is 23.3. The summed E-state index contributed by atoms with van der Waals surface area (Å²) in [5.41, 5.74) is 0. The van der Waals surface area contributed by atoms with Crippen molar-refractivity contribution in [3.63, 3.8) is 0 Å². The standard InChI is InChI=1S/C21H40N8/c1-18(2)29(19(3)4)13-11-24-20(22-5)23-10-7-12-27-14-16-28(17-15-27)21-25-8-6-9-26-21/h6,8-9,18-19H,7,10-17H2,1-5H3,(H2,22,23,24). The quantitative estimate of drug-likeness (QED) is 0.346. The zero-order chi connectivity index (χ0) is 21.1. The highest BCUT2D eigenvalue weighted by molar-refractivity contribution is 5.79. The lowest BCUT2D eigenvalue weighted by Gasteiger charge is -2.34. The van der Waals surface area contributed by atoms with Crippen LogP contribution in [0.25, 0.3) is 0 Å². The first-order valence-corrected chi connectivity index (χ1v) is 11.0. The molecule has 1 aromatic rings. The number of piperazine rings is 1. The van der Waals surface area contributed by atoms with Gasteiger partial charge in [0.2, 0.25) is 5.95 Å². The Hall–Kier alpha value is -1.93. The van der Waals surface area contributed by atoms with Crippen LogP contribution in [0.15, 0.2) is 23.5 Å². The maximum atomic E-state index is 4.35. The number of aliphatic imine (C=N–C) groups is 1. The van der Waals surface area contributed by atoms with E-state index in [1.807, 2.05) is 25.5 Å². The fraction of sp³-hybridized carbons (Fsp3) is 0.762. The van der Waals surface area contributed by atoms with E-state index >= 15 is 0 Å². The summed E-state index contributed by atoms with van der Waals surface area (Å²) in [6.45, 7) is 17.1. The molecule has 0 aliphatic carbocycles. The molecule has 1 aromatic heterocycles. The Balaban J connectivity index is 1.58. The van der Waals surface area contributed by atoms with Crippen molar-refractivity contribution in [3.8, 4) is 0 Å². The van der Waals surface area contributed by atoms with Crippen LogP contribution < -0.4 is 15.5 Å². The third-order valence-corrected chi connectivity index (χ3v) is 5.36. The van der Waals surface area contributed by atoms with Crippen molar-refractivity contribution in [1.29, 1.82) is 0 Å². The topological polar surface area (TPSA) is 71.9 Å². The summed E-state index contributed by atoms with van der Waals surface area (Å²) in [6.07, 6.45) is 4.72. The third kappa shape index (κ3) is 8.14. The van der Waals surface area contributed by atoms with Gasteiger partial charge in [0.15, 0.2) is 5.96 Å². The SMILES string of the molecule is CN=C(NCCCN1CCN(c2ncccn2)CC1)NCCN(C(C)C)C(C)C. The molecule has 0 amide bonds. The molecule has 2 rings (SSSR count). The van der Waals surface area contributed by atoms with E-state index < -0.39 is 0 Å². The van der Waals surface area contributed by atoms with Gasteiger partial charge in [-0.15, -0.1) is 0 Å². The Labute approximate surface area is 176 Å². The van der Waals surface area contributed by atoms with Gasteiger partial charge in [0.05, 0.1) is 0 Å². The fourth-order valence-electron chi connectivity index (χ4n) is 3.77. The highest BCUT2D eigenvalue weighted by Crippen LogP contribution is 2.09. The number of hydrogen-bond acceptors (Lipinski definition) is 6. The zero-order valence-corrected chi connectivity index (χ0v) is 18.9. The van der Waals surface area contributed by atoms with Crippen molar-refractivity contribution in [2.45, 2.75) is 46.2 Å². The summed E-state index contributed by atoms with van der Waals surface area (Å²) in [5.74, 6) is 1.74. The number of rotatable bonds is 10. The Morgan fingerprint density at radius 3 is 2.24 bits per heavy atom. The van der Waals surface area contributed by atoms with Gasteiger partial charge in [0, 0.05) is 77.3 Å². The largest absolute Gasteiger partial charge is 0.356 e. The number of hydrogen-bond donors (Lipinski definition) is 2. The first-order chi connectivity index (χ1) is 14.0. The predicted molar refractivity (Wildman–Crippen MR) is 122 cm³/mol. The Kier molecular flexibility index (Phi) is 10.1. The second kappa shape index (κ2) is 12.6. The van der Waals surface area contributed by atoms with E-state index in [0.29, 0.717) is 12.1 Å². The van der Waals surface area contributed by atoms with Gasteiger partial charge in [0.1, 0.15) is 0 Å². The summed E-state index contributed by atoms with van der Waals surface area (Å²) in [7, 11) is 1.84. The summed E-state index contributed by atoms with van der Waals surface area (Å²) < 4.78 is 0. The van der Waals surface area contributed by atoms with Crippen molar-refractivity contribution in [1.82, 2.24) is 30.4 Å². The summed E-state index contributed by atoms with van der Waals surface area (Å²) >= 11 is 0. The molecule has 164 valence electrons. The van der Waals surface area contributed by atoms with E-state index in [1.165, 1.54) is 0 Å². The number of nitrogens with one attached hydrogen (secondary N) is 2. The second-order valence-electron chi connectivity index (χ2n) is 8.08. The molecule has 2 N–H and O–H groups in total. The molecule has 0 spiro atoms. The van der Waals surface area contributed by atoms with Crippen molar-refractivity contribution in [2.24, 2.45) is 4.99 Å². The monoisotopic (exact) mass is 404 g/mol. The average molecular weight is 405 g/mol. The van der Waals surface area contributed by atoms with Gasteiger partial charge in [0.25, 0.3) is 0 Å². The molecule has 0 unspecified atom stereocenters. The van der Waals surface area contributed by atoms with Gasteiger partial charge in [-0.25, -0.2) is 9.97 Å². The fourth-order valence-corrected chi connectivity index (χ4v) is 3.77. The smallest absolute Gasteiger partial charge is 0.225 e. The van der Waals surface area contributed by atoms with Crippen LogP contribution >= 0.6 is 0 Å². The van der Waals surface area contributed by atoms with Crippen LogP contribution in [0.4, 0.5) is 5.95 Å². The Morgan fingerprint density at radius 2 is 1.66 bits per heavy atom. The Morgan fingerprint density at radius 1 is 1.03 bits per heavy atom. The first-order valence-electron chi connectivity index (χ1n) is 11.0. The molecule has 29 heavy (non-hydrogen) atoms. The minimum Gasteiger partial charge on any atom is -0.356 e. The van der Waals surface area contributed by atoms with E-state index in [1.54, 1.807) is 0 Å². The average Bonchev–Trinajstić information content (AvgIpc) is 2.73. The van der Waals surface area contributed by atoms with E-state index in [-0.39, 0.29) is 0 Å². The van der Waals surface area contributed by atoms with Gasteiger partial charge in [-0.05, 0) is 46.7 Å². The lowest BCUT2D eigenvalue weighted by atomic mass is 10.2. The lowest BCUT2D eigenvalue weighted by molar-refractivity contribution is 0.178. The third-order valence-electron chi connectivity index (χ3n) is 5.36. The number of aromatic nitrogens is 2. The maximum Gasteiger partial charge on any atom is 0.225 e. The van der Waals surface area contributed by atoms with Gasteiger partial charge in [-0.2, -0.15) is 0 Å². The molecule has 0 bridgehead atoms. The van der Waals surface area contributed by atoms with Gasteiger partial charge >= 0.3 is 0 Å². The molecule has 1 aliphatic heterocycles. The molecule has 8 nitrogen and oxygen atoms in total. The summed E-state index contributed by atoms with van der Waals surface area (Å²) in [4.78, 5) is 20.3. The second-order valence-corrected chi connectivity index (χ2v) is 8.08. The zero-order valence-electron chi connectivity index (χ0n) is 18.9. The molecule has 2 heterocycles. The van der Waals surface area contributed by atoms with Crippen molar-refractivity contribution in [2.75, 3.05) is 64.3 Å². The molecule has 8 heteroatoms. The van der Waals surface area contributed by atoms with Crippen LogP contribution in [0.2, 0.25) is 0 Å². The van der Waals surface area contributed by atoms with Crippen molar-refractivity contribution >= 4 is 11.9 Å². The highest BCUT2D eigenvalue weighted by Gasteiger charge is 2.18. The number of guanidine groups is 1. The van der Waals surface area contributed by atoms with Crippen LogP contribution in [-0.4, -0.2) is 97.2 Å². The minimum absolute atomic E-state index is 0.556. The molecular formula is C21H40N8. The van der Waals surface area contributed by atoms with Crippen LogP contribution in [0.5, 0.6) is 0 Å². The molecule has 0 saturated carbocycles. The van der Waals surface area contributed by atoms with Gasteiger partial charge in [-0.3, -0.25) is 14.8 Å². The molecule has 0 radical (unpaired) electrons. The molecule has 0 atom stereocenters. The maximum absolute atomic E-state index is 4.35. The van der Waals surface area contributed by atoms with Crippen LogP contribution in [0.3, 0.4) is 0 Å². The highest BCUT2D eigenvalue weighted by atomic mass is 15.3. The Bertz CT molecular complexity index is 574. The molecule has 0 aromatic carbocycles. The van der Waals surface area contributed by atoms with Gasteiger partial charge < -0.3 is 15.5 Å². The van der Waals surface area contributed by atoms with E-state index in [0.717, 1.165) is 70.7 Å². The van der Waals surface area contributed by atoms with E-state index in [4.69, 9.17) is 0 Å². The van der Waals surface area contributed by atoms with Gasteiger partial charge in [-0.1, -0.05) is 0 Å². The number of nitrogens with zero attached hydrogens (tertiary/aromatic N) is 6. The van der Waals surface area contributed by atoms with Crippen LogP contribution in [0.1, 0.15) is 34.1 Å². The summed E-state index contributed by atoms with van der Waals surface area (Å²) in [6, 6.07) is 2.97.